The first-order valence-electron chi connectivity index (χ1n) is 7.24. The van der Waals surface area contributed by atoms with E-state index in [0.29, 0.717) is 0 Å². The third-order valence-electron chi connectivity index (χ3n) is 3.60. The van der Waals surface area contributed by atoms with Crippen molar-refractivity contribution in [1.29, 1.82) is 0 Å². The van der Waals surface area contributed by atoms with E-state index >= 15 is 0 Å². The van der Waals surface area contributed by atoms with E-state index in [1.54, 1.807) is 7.11 Å². The number of rotatable bonds is 6. The van der Waals surface area contributed by atoms with Gasteiger partial charge in [-0.25, -0.2) is 0 Å². The molecule has 2 aromatic carbocycles. The number of benzene rings is 2. The smallest absolute Gasteiger partial charge is 0.119 e. The lowest BCUT2D eigenvalue weighted by atomic mass is 9.95. The minimum absolute atomic E-state index is 0.205. The van der Waals surface area contributed by atoms with Crippen molar-refractivity contribution in [2.75, 3.05) is 19.9 Å². The van der Waals surface area contributed by atoms with Crippen molar-refractivity contribution in [3.05, 3.63) is 59.2 Å². The number of methoxy groups -OCH3 is 1. The van der Waals surface area contributed by atoms with Crippen molar-refractivity contribution in [2.45, 2.75) is 24.8 Å². The summed E-state index contributed by atoms with van der Waals surface area (Å²) in [5.41, 5.74) is 3.81. The molecule has 1 atom stereocenters. The number of aryl methyl sites for hydroxylation is 1. The lowest BCUT2D eigenvalue weighted by Gasteiger charge is -2.20. The first-order valence-corrected chi connectivity index (χ1v) is 8.22. The summed E-state index contributed by atoms with van der Waals surface area (Å²) in [7, 11) is 3.71. The maximum Gasteiger partial charge on any atom is 0.119 e. The van der Waals surface area contributed by atoms with Crippen LogP contribution in [0.25, 0.3) is 0 Å². The third kappa shape index (κ3) is 3.80. The summed E-state index contributed by atoms with van der Waals surface area (Å²) in [6.45, 7) is 4.30. The quantitative estimate of drug-likeness (QED) is 0.798. The summed E-state index contributed by atoms with van der Waals surface area (Å²) >= 11 is 1.87. The van der Waals surface area contributed by atoms with E-state index < -0.39 is 0 Å². The van der Waals surface area contributed by atoms with Gasteiger partial charge in [0.1, 0.15) is 5.75 Å². The Bertz CT molecular complexity index is 580. The van der Waals surface area contributed by atoms with Gasteiger partial charge >= 0.3 is 0 Å². The molecule has 0 bridgehead atoms. The first kappa shape index (κ1) is 15.9. The van der Waals surface area contributed by atoms with Crippen molar-refractivity contribution in [2.24, 2.45) is 0 Å². The average Bonchev–Trinajstić information content (AvgIpc) is 2.51. The van der Waals surface area contributed by atoms with Gasteiger partial charge < -0.3 is 10.1 Å². The molecule has 0 saturated heterocycles. The van der Waals surface area contributed by atoms with Gasteiger partial charge in [-0.3, -0.25) is 0 Å². The monoisotopic (exact) mass is 301 g/mol. The molecule has 0 saturated carbocycles. The van der Waals surface area contributed by atoms with Crippen molar-refractivity contribution in [3.8, 4) is 5.75 Å². The lowest BCUT2D eigenvalue weighted by molar-refractivity contribution is 0.414. The van der Waals surface area contributed by atoms with Gasteiger partial charge in [0.2, 0.25) is 0 Å². The molecule has 0 radical (unpaired) electrons. The highest BCUT2D eigenvalue weighted by atomic mass is 32.2. The second-order valence-electron chi connectivity index (χ2n) is 4.95. The van der Waals surface area contributed by atoms with Gasteiger partial charge in [0, 0.05) is 4.90 Å². The van der Waals surface area contributed by atoms with Crippen molar-refractivity contribution < 1.29 is 4.74 Å². The van der Waals surface area contributed by atoms with Gasteiger partial charge in [0.25, 0.3) is 0 Å². The Morgan fingerprint density at radius 2 is 1.86 bits per heavy atom. The van der Waals surface area contributed by atoms with E-state index in [4.69, 9.17) is 4.74 Å². The fraction of sp³-hybridized carbons (Fsp3) is 0.333. The lowest BCUT2D eigenvalue weighted by Crippen LogP contribution is -2.18. The highest BCUT2D eigenvalue weighted by Gasteiger charge is 2.14. The average molecular weight is 301 g/mol. The maximum absolute atomic E-state index is 5.29. The van der Waals surface area contributed by atoms with E-state index in [-0.39, 0.29) is 6.04 Å². The van der Waals surface area contributed by atoms with E-state index in [1.807, 2.05) is 24.9 Å². The minimum Gasteiger partial charge on any atom is -0.497 e. The zero-order valence-electron chi connectivity index (χ0n) is 13.1. The number of thioether (sulfide) groups is 1. The number of nitrogens with one attached hydrogen (secondary N) is 1. The van der Waals surface area contributed by atoms with E-state index in [0.717, 1.165) is 11.5 Å². The largest absolute Gasteiger partial charge is 0.497 e. The van der Waals surface area contributed by atoms with Gasteiger partial charge in [0.15, 0.2) is 0 Å². The van der Waals surface area contributed by atoms with Crippen LogP contribution in [0.15, 0.2) is 47.4 Å². The fourth-order valence-electron chi connectivity index (χ4n) is 2.52. The van der Waals surface area contributed by atoms with Crippen LogP contribution < -0.4 is 10.1 Å². The molecule has 3 heteroatoms. The Balaban J connectivity index is 2.30. The van der Waals surface area contributed by atoms with Crippen molar-refractivity contribution in [1.82, 2.24) is 5.32 Å². The van der Waals surface area contributed by atoms with Gasteiger partial charge in [-0.05, 0) is 60.7 Å². The SMILES string of the molecule is CCSc1ccc(C(NC)c2ccc(OC)cc2C)cc1. The van der Waals surface area contributed by atoms with Crippen molar-refractivity contribution in [3.63, 3.8) is 0 Å². The maximum atomic E-state index is 5.29. The second kappa shape index (κ2) is 7.53. The normalized spacial score (nSPS) is 12.2. The Labute approximate surface area is 131 Å². The molecule has 2 rings (SSSR count). The topological polar surface area (TPSA) is 21.3 Å². The molecule has 0 aliphatic heterocycles. The van der Waals surface area contributed by atoms with Crippen LogP contribution in [0.1, 0.15) is 29.7 Å². The summed E-state index contributed by atoms with van der Waals surface area (Å²) in [5, 5.41) is 3.42. The van der Waals surface area contributed by atoms with Crippen LogP contribution in [0.5, 0.6) is 5.75 Å². The Morgan fingerprint density at radius 1 is 1.14 bits per heavy atom. The number of hydrogen-bond donors (Lipinski definition) is 1. The highest BCUT2D eigenvalue weighted by Crippen LogP contribution is 2.28. The molecule has 0 aliphatic rings. The molecule has 0 heterocycles. The van der Waals surface area contributed by atoms with Crippen LogP contribution in [-0.4, -0.2) is 19.9 Å². The molecule has 2 aromatic rings. The number of ether oxygens (including phenoxy) is 1. The molecule has 2 nitrogen and oxygen atoms in total. The van der Waals surface area contributed by atoms with Crippen LogP contribution in [0, 0.1) is 6.92 Å². The van der Waals surface area contributed by atoms with Gasteiger partial charge in [-0.1, -0.05) is 25.1 Å². The summed E-state index contributed by atoms with van der Waals surface area (Å²) < 4.78 is 5.29. The van der Waals surface area contributed by atoms with E-state index in [2.05, 4.69) is 55.6 Å². The molecule has 112 valence electrons. The van der Waals surface area contributed by atoms with Crippen LogP contribution in [0.2, 0.25) is 0 Å². The summed E-state index contributed by atoms with van der Waals surface area (Å²) in [6, 6.07) is 15.3. The highest BCUT2D eigenvalue weighted by molar-refractivity contribution is 7.99. The molecule has 0 amide bonds. The molecule has 0 aliphatic carbocycles. The predicted molar refractivity (Wildman–Crippen MR) is 91.5 cm³/mol. The molecule has 21 heavy (non-hydrogen) atoms. The van der Waals surface area contributed by atoms with Gasteiger partial charge in [-0.2, -0.15) is 0 Å². The van der Waals surface area contributed by atoms with Crippen LogP contribution in [0.4, 0.5) is 0 Å². The molecule has 1 unspecified atom stereocenters. The van der Waals surface area contributed by atoms with Crippen molar-refractivity contribution >= 4 is 11.8 Å². The standard InChI is InChI=1S/C18H23NOS/c1-5-21-16-9-6-14(7-10-16)18(19-3)17-11-8-15(20-4)12-13(17)2/h6-12,18-19H,5H2,1-4H3. The summed E-state index contributed by atoms with van der Waals surface area (Å²) in [6.07, 6.45) is 0. The predicted octanol–water partition coefficient (Wildman–Crippen LogP) is 4.42. The Hall–Kier alpha value is -1.45. The van der Waals surface area contributed by atoms with E-state index in [1.165, 1.54) is 21.6 Å². The summed E-state index contributed by atoms with van der Waals surface area (Å²) in [5.74, 6) is 2.01. The fourth-order valence-corrected chi connectivity index (χ4v) is 3.19. The molecule has 0 aromatic heterocycles. The second-order valence-corrected chi connectivity index (χ2v) is 6.28. The number of hydrogen-bond acceptors (Lipinski definition) is 3. The van der Waals surface area contributed by atoms with Crippen LogP contribution >= 0.6 is 11.8 Å². The van der Waals surface area contributed by atoms with Crippen LogP contribution in [0.3, 0.4) is 0 Å². The molecule has 0 spiro atoms. The summed E-state index contributed by atoms with van der Waals surface area (Å²) in [4.78, 5) is 1.32. The first-order chi connectivity index (χ1) is 10.2. The molecule has 0 fully saturated rings. The van der Waals surface area contributed by atoms with Gasteiger partial charge in [0.05, 0.1) is 13.2 Å². The zero-order valence-corrected chi connectivity index (χ0v) is 14.0. The third-order valence-corrected chi connectivity index (χ3v) is 4.50. The Morgan fingerprint density at radius 3 is 2.38 bits per heavy atom. The molecule has 1 N–H and O–H groups in total. The molecular formula is C18H23NOS. The van der Waals surface area contributed by atoms with Gasteiger partial charge in [-0.15, -0.1) is 11.8 Å². The zero-order chi connectivity index (χ0) is 15.2. The minimum atomic E-state index is 0.205. The van der Waals surface area contributed by atoms with Crippen LogP contribution in [-0.2, 0) is 0 Å². The van der Waals surface area contributed by atoms with E-state index in [9.17, 15) is 0 Å². The molecular weight excluding hydrogens is 278 g/mol. The Kier molecular flexibility index (Phi) is 5.71.